The molecule has 0 spiro atoms. The Labute approximate surface area is 100 Å². The molecule has 3 amide bonds. The van der Waals surface area contributed by atoms with E-state index >= 15 is 0 Å². The molecular weight excluding hydrogens is 226 g/mol. The lowest BCUT2D eigenvalue weighted by atomic mass is 10.4. The fraction of sp³-hybridized carbons (Fsp3) is 0.700. The van der Waals surface area contributed by atoms with Gasteiger partial charge in [-0.25, -0.2) is 4.79 Å². The number of hydrogen-bond acceptors (Lipinski definition) is 3. The van der Waals surface area contributed by atoms with Crippen LogP contribution in [0.15, 0.2) is 0 Å². The van der Waals surface area contributed by atoms with Crippen molar-refractivity contribution in [3.8, 4) is 0 Å². The molecule has 0 aliphatic heterocycles. The van der Waals surface area contributed by atoms with E-state index in [-0.39, 0.29) is 31.4 Å². The summed E-state index contributed by atoms with van der Waals surface area (Å²) in [5, 5.41) is 10.9. The highest BCUT2D eigenvalue weighted by Crippen LogP contribution is 1.98. The Morgan fingerprint density at radius 1 is 1.29 bits per heavy atom. The molecule has 2 N–H and O–H groups in total. The monoisotopic (exact) mass is 245 g/mol. The lowest BCUT2D eigenvalue weighted by molar-refractivity contribution is -0.137. The van der Waals surface area contributed by atoms with Crippen LogP contribution in [0.5, 0.6) is 0 Å². The summed E-state index contributed by atoms with van der Waals surface area (Å²) in [6.45, 7) is 2.25. The quantitative estimate of drug-likeness (QED) is 0.665. The highest BCUT2D eigenvalue weighted by molar-refractivity contribution is 5.83. The van der Waals surface area contributed by atoms with Crippen molar-refractivity contribution in [3.05, 3.63) is 0 Å². The van der Waals surface area contributed by atoms with Gasteiger partial charge in [0.05, 0.1) is 6.42 Å². The SMILES string of the molecule is CCN(CC(=O)NC)C(=O)N(C)CCC(=O)O. The van der Waals surface area contributed by atoms with E-state index in [0.717, 1.165) is 0 Å². The topological polar surface area (TPSA) is 90.0 Å². The van der Waals surface area contributed by atoms with Gasteiger partial charge in [-0.1, -0.05) is 0 Å². The Morgan fingerprint density at radius 3 is 2.29 bits per heavy atom. The zero-order valence-electron chi connectivity index (χ0n) is 10.4. The van der Waals surface area contributed by atoms with E-state index in [1.807, 2.05) is 0 Å². The highest BCUT2D eigenvalue weighted by atomic mass is 16.4. The van der Waals surface area contributed by atoms with Crippen molar-refractivity contribution in [2.75, 3.05) is 33.7 Å². The van der Waals surface area contributed by atoms with E-state index in [1.54, 1.807) is 6.92 Å². The number of aliphatic carboxylic acids is 1. The van der Waals surface area contributed by atoms with Gasteiger partial charge in [-0.05, 0) is 6.92 Å². The summed E-state index contributed by atoms with van der Waals surface area (Å²) in [4.78, 5) is 36.0. The first-order chi connectivity index (χ1) is 7.92. The maximum Gasteiger partial charge on any atom is 0.320 e. The number of likely N-dealkylation sites (N-methyl/N-ethyl adjacent to an activating group) is 2. The first-order valence-corrected chi connectivity index (χ1v) is 5.34. The first-order valence-electron chi connectivity index (χ1n) is 5.34. The molecule has 0 bridgehead atoms. The Kier molecular flexibility index (Phi) is 6.69. The minimum atomic E-state index is -0.959. The fourth-order valence-electron chi connectivity index (χ4n) is 1.17. The van der Waals surface area contributed by atoms with Crippen LogP contribution in [0, 0.1) is 0 Å². The number of carboxylic acids is 1. The normalized spacial score (nSPS) is 9.59. The fourth-order valence-corrected chi connectivity index (χ4v) is 1.17. The Hall–Kier alpha value is -1.79. The third-order valence-corrected chi connectivity index (χ3v) is 2.25. The number of hydrogen-bond donors (Lipinski definition) is 2. The number of nitrogens with one attached hydrogen (secondary N) is 1. The third kappa shape index (κ3) is 5.74. The Morgan fingerprint density at radius 2 is 1.88 bits per heavy atom. The molecule has 0 saturated heterocycles. The molecule has 0 aliphatic rings. The van der Waals surface area contributed by atoms with Gasteiger partial charge in [-0.3, -0.25) is 9.59 Å². The minimum Gasteiger partial charge on any atom is -0.481 e. The van der Waals surface area contributed by atoms with Crippen LogP contribution in [0.3, 0.4) is 0 Å². The van der Waals surface area contributed by atoms with E-state index in [0.29, 0.717) is 6.54 Å². The van der Waals surface area contributed by atoms with Gasteiger partial charge in [0.25, 0.3) is 0 Å². The molecule has 0 saturated carbocycles. The predicted molar refractivity (Wildman–Crippen MR) is 61.6 cm³/mol. The van der Waals surface area contributed by atoms with Crippen LogP contribution in [0.2, 0.25) is 0 Å². The molecule has 0 radical (unpaired) electrons. The van der Waals surface area contributed by atoms with Crippen LogP contribution in [0.25, 0.3) is 0 Å². The second kappa shape index (κ2) is 7.48. The maximum atomic E-state index is 11.8. The van der Waals surface area contributed by atoms with E-state index in [1.165, 1.54) is 23.9 Å². The van der Waals surface area contributed by atoms with E-state index in [9.17, 15) is 14.4 Å². The van der Waals surface area contributed by atoms with E-state index in [2.05, 4.69) is 5.32 Å². The van der Waals surface area contributed by atoms with Crippen molar-refractivity contribution < 1.29 is 19.5 Å². The number of urea groups is 1. The van der Waals surface area contributed by atoms with Gasteiger partial charge < -0.3 is 20.2 Å². The predicted octanol–water partition coefficient (Wildman–Crippen LogP) is -0.419. The van der Waals surface area contributed by atoms with Gasteiger partial charge in [0.15, 0.2) is 0 Å². The second-order valence-corrected chi connectivity index (χ2v) is 3.54. The number of amides is 3. The lowest BCUT2D eigenvalue weighted by Gasteiger charge is -2.26. The summed E-state index contributed by atoms with van der Waals surface area (Å²) in [5.74, 6) is -1.22. The molecule has 0 aromatic carbocycles. The van der Waals surface area contributed by atoms with Gasteiger partial charge in [0.2, 0.25) is 5.91 Å². The summed E-state index contributed by atoms with van der Waals surface area (Å²) >= 11 is 0. The highest BCUT2D eigenvalue weighted by Gasteiger charge is 2.18. The summed E-state index contributed by atoms with van der Waals surface area (Å²) < 4.78 is 0. The number of rotatable bonds is 6. The molecule has 0 atom stereocenters. The summed E-state index contributed by atoms with van der Waals surface area (Å²) in [6.07, 6.45) is -0.111. The van der Waals surface area contributed by atoms with Crippen molar-refractivity contribution in [2.45, 2.75) is 13.3 Å². The molecule has 0 rings (SSSR count). The smallest absolute Gasteiger partial charge is 0.320 e. The largest absolute Gasteiger partial charge is 0.481 e. The van der Waals surface area contributed by atoms with Crippen molar-refractivity contribution in [2.24, 2.45) is 0 Å². The van der Waals surface area contributed by atoms with Crippen molar-refractivity contribution in [1.82, 2.24) is 15.1 Å². The zero-order chi connectivity index (χ0) is 13.4. The van der Waals surface area contributed by atoms with Gasteiger partial charge in [-0.15, -0.1) is 0 Å². The van der Waals surface area contributed by atoms with Crippen LogP contribution in [-0.4, -0.2) is 66.5 Å². The van der Waals surface area contributed by atoms with Crippen LogP contribution in [0.1, 0.15) is 13.3 Å². The molecule has 0 aromatic heterocycles. The first kappa shape index (κ1) is 15.2. The molecule has 0 fully saturated rings. The number of carbonyl (C=O) groups excluding carboxylic acids is 2. The number of nitrogens with zero attached hydrogens (tertiary/aromatic N) is 2. The zero-order valence-corrected chi connectivity index (χ0v) is 10.4. The molecule has 0 heterocycles. The summed E-state index contributed by atoms with van der Waals surface area (Å²) in [5.41, 5.74) is 0. The molecular formula is C10H19N3O4. The standard InChI is InChI=1S/C10H19N3O4/c1-4-13(7-8(14)11-2)10(17)12(3)6-5-9(15)16/h4-7H2,1-3H3,(H,11,14)(H,15,16). The van der Waals surface area contributed by atoms with E-state index < -0.39 is 5.97 Å². The second-order valence-electron chi connectivity index (χ2n) is 3.54. The van der Waals surface area contributed by atoms with Crippen LogP contribution in [-0.2, 0) is 9.59 Å². The molecule has 0 unspecified atom stereocenters. The average molecular weight is 245 g/mol. The van der Waals surface area contributed by atoms with Crippen LogP contribution < -0.4 is 5.32 Å². The third-order valence-electron chi connectivity index (χ3n) is 2.25. The van der Waals surface area contributed by atoms with Crippen molar-refractivity contribution >= 4 is 17.9 Å². The molecule has 0 aliphatic carbocycles. The van der Waals surface area contributed by atoms with Gasteiger partial charge in [0, 0.05) is 27.2 Å². The molecule has 0 aromatic rings. The van der Waals surface area contributed by atoms with Gasteiger partial charge >= 0.3 is 12.0 Å². The number of carbonyl (C=O) groups is 3. The summed E-state index contributed by atoms with van der Waals surface area (Å²) in [6, 6.07) is -0.350. The maximum absolute atomic E-state index is 11.8. The van der Waals surface area contributed by atoms with Gasteiger partial charge in [-0.2, -0.15) is 0 Å². The van der Waals surface area contributed by atoms with Crippen molar-refractivity contribution in [3.63, 3.8) is 0 Å². The molecule has 98 valence electrons. The lowest BCUT2D eigenvalue weighted by Crippen LogP contribution is -2.46. The van der Waals surface area contributed by atoms with E-state index in [4.69, 9.17) is 5.11 Å². The Balaban J connectivity index is 4.31. The molecule has 17 heavy (non-hydrogen) atoms. The molecule has 7 nitrogen and oxygen atoms in total. The van der Waals surface area contributed by atoms with Crippen molar-refractivity contribution in [1.29, 1.82) is 0 Å². The molecule has 7 heteroatoms. The van der Waals surface area contributed by atoms with Crippen LogP contribution in [0.4, 0.5) is 4.79 Å². The van der Waals surface area contributed by atoms with Crippen LogP contribution >= 0.6 is 0 Å². The number of carboxylic acid groups (broad SMARTS) is 1. The summed E-state index contributed by atoms with van der Waals surface area (Å²) in [7, 11) is 3.01. The Bertz CT molecular complexity index is 293. The minimum absolute atomic E-state index is 0.0246. The van der Waals surface area contributed by atoms with Gasteiger partial charge in [0.1, 0.15) is 6.54 Å². The average Bonchev–Trinajstić information content (AvgIpc) is 2.31.